The molecule has 0 spiro atoms. The number of nitrogen functional groups attached to an aromatic ring is 1. The van der Waals surface area contributed by atoms with E-state index < -0.39 is 31.2 Å². The van der Waals surface area contributed by atoms with Crippen molar-refractivity contribution in [2.24, 2.45) is 0 Å². The van der Waals surface area contributed by atoms with Gasteiger partial charge in [-0.3, -0.25) is 9.09 Å². The molecular formula is C16H19ClN3O5P. The Morgan fingerprint density at radius 1 is 1.42 bits per heavy atom. The molecule has 2 N–H and O–H groups in total. The molecule has 4 atom stereocenters. The van der Waals surface area contributed by atoms with Crippen LogP contribution in [0.15, 0.2) is 47.4 Å². The average molecular weight is 400 g/mol. The maximum atomic E-state index is 12.0. The highest BCUT2D eigenvalue weighted by Crippen LogP contribution is 2.43. The minimum absolute atomic E-state index is 0.0284. The van der Waals surface area contributed by atoms with Gasteiger partial charge in [0.05, 0.1) is 17.6 Å². The lowest BCUT2D eigenvalue weighted by atomic mass is 10.1. The third-order valence-corrected chi connectivity index (χ3v) is 5.04. The number of anilines is 1. The molecule has 1 aliphatic rings. The summed E-state index contributed by atoms with van der Waals surface area (Å²) in [7, 11) is -2.73. The molecule has 0 aliphatic carbocycles. The molecule has 1 aromatic carbocycles. The lowest BCUT2D eigenvalue weighted by Crippen LogP contribution is -2.35. The van der Waals surface area contributed by atoms with Crippen molar-refractivity contribution in [2.75, 3.05) is 12.3 Å². The molecule has 0 amide bonds. The second-order valence-electron chi connectivity index (χ2n) is 6.11. The zero-order valence-corrected chi connectivity index (χ0v) is 15.8. The highest BCUT2D eigenvalue weighted by Gasteiger charge is 2.45. The van der Waals surface area contributed by atoms with Crippen LogP contribution in [0, 0.1) is 0 Å². The van der Waals surface area contributed by atoms with Crippen LogP contribution >= 0.6 is 19.9 Å². The molecule has 10 heteroatoms. The number of rotatable bonds is 6. The summed E-state index contributed by atoms with van der Waals surface area (Å²) in [5.41, 5.74) is 4.95. The monoisotopic (exact) mass is 399 g/mol. The van der Waals surface area contributed by atoms with Crippen LogP contribution in [0.1, 0.15) is 19.6 Å². The van der Waals surface area contributed by atoms with Crippen LogP contribution in [0.5, 0.6) is 5.75 Å². The Morgan fingerprint density at radius 3 is 2.85 bits per heavy atom. The predicted octanol–water partition coefficient (Wildman–Crippen LogP) is 2.60. The van der Waals surface area contributed by atoms with Crippen LogP contribution in [-0.4, -0.2) is 27.1 Å². The van der Waals surface area contributed by atoms with E-state index in [0.717, 1.165) is 0 Å². The molecular weight excluding hydrogens is 381 g/mol. The predicted molar refractivity (Wildman–Crippen MR) is 97.7 cm³/mol. The van der Waals surface area contributed by atoms with Gasteiger partial charge in [-0.1, -0.05) is 18.2 Å². The van der Waals surface area contributed by atoms with Gasteiger partial charge in [-0.25, -0.2) is 9.36 Å². The molecule has 0 radical (unpaired) electrons. The van der Waals surface area contributed by atoms with E-state index in [-0.39, 0.29) is 12.4 Å². The number of hydrogen-bond donors (Lipinski definition) is 1. The number of alkyl halides is 1. The van der Waals surface area contributed by atoms with Crippen molar-refractivity contribution in [1.29, 1.82) is 0 Å². The van der Waals surface area contributed by atoms with Gasteiger partial charge >= 0.3 is 13.9 Å². The van der Waals surface area contributed by atoms with Crippen LogP contribution in [0.2, 0.25) is 0 Å². The van der Waals surface area contributed by atoms with Crippen LogP contribution in [0.25, 0.3) is 0 Å². The first kappa shape index (κ1) is 18.9. The Hall–Kier alpha value is -1.86. The Kier molecular flexibility index (Phi) is 5.67. The topological polar surface area (TPSA) is 106 Å². The van der Waals surface area contributed by atoms with Crippen LogP contribution in [0.4, 0.5) is 5.82 Å². The number of aromatic nitrogens is 2. The zero-order valence-electron chi connectivity index (χ0n) is 14.0. The third kappa shape index (κ3) is 4.45. The highest BCUT2D eigenvalue weighted by molar-refractivity contribution is 7.33. The van der Waals surface area contributed by atoms with E-state index in [1.54, 1.807) is 31.2 Å². The van der Waals surface area contributed by atoms with Gasteiger partial charge in [-0.05, 0) is 31.5 Å². The second kappa shape index (κ2) is 7.80. The first-order chi connectivity index (χ1) is 12.3. The zero-order chi connectivity index (χ0) is 18.7. The van der Waals surface area contributed by atoms with Crippen molar-refractivity contribution in [1.82, 2.24) is 9.55 Å². The molecule has 1 unspecified atom stereocenters. The Balaban J connectivity index is 1.61. The van der Waals surface area contributed by atoms with Gasteiger partial charge in [0.15, 0.2) is 6.23 Å². The van der Waals surface area contributed by atoms with Gasteiger partial charge in [0.2, 0.25) is 0 Å². The molecule has 1 aliphatic heterocycles. The lowest BCUT2D eigenvalue weighted by Gasteiger charge is -2.24. The maximum absolute atomic E-state index is 12.0. The van der Waals surface area contributed by atoms with Gasteiger partial charge in [0, 0.05) is 6.20 Å². The summed E-state index contributed by atoms with van der Waals surface area (Å²) in [6.45, 7) is 1.78. The van der Waals surface area contributed by atoms with E-state index in [0.29, 0.717) is 12.2 Å². The maximum Gasteiger partial charge on any atom is 0.367 e. The fraction of sp³-hybridized carbons (Fsp3) is 0.375. The summed E-state index contributed by atoms with van der Waals surface area (Å²) >= 11 is 6.52. The quantitative estimate of drug-likeness (QED) is 0.587. The summed E-state index contributed by atoms with van der Waals surface area (Å²) in [5.74, 6) is 0.584. The van der Waals surface area contributed by atoms with Crippen molar-refractivity contribution in [3.8, 4) is 5.75 Å². The number of hydrogen-bond acceptors (Lipinski definition) is 7. The van der Waals surface area contributed by atoms with E-state index in [1.807, 2.05) is 6.07 Å². The van der Waals surface area contributed by atoms with E-state index in [4.69, 9.17) is 31.1 Å². The first-order valence-corrected chi connectivity index (χ1v) is 9.54. The molecule has 1 fully saturated rings. The molecule has 8 nitrogen and oxygen atoms in total. The number of nitrogens with zero attached hydrogens (tertiary/aromatic N) is 2. The van der Waals surface area contributed by atoms with Crippen LogP contribution in [-0.2, 0) is 13.8 Å². The minimum atomic E-state index is -2.73. The number of halogens is 1. The van der Waals surface area contributed by atoms with E-state index >= 15 is 0 Å². The number of para-hydroxylation sites is 1. The van der Waals surface area contributed by atoms with E-state index in [9.17, 15) is 9.36 Å². The SMILES string of the molecule is C[C@@]1(Cl)C[C@@H](CO[PH](=O)Oc2ccccc2)O[C@H]1n1ccc(N)nc1=O. The average Bonchev–Trinajstić information content (AvgIpc) is 2.88. The summed E-state index contributed by atoms with van der Waals surface area (Å²) in [6.07, 6.45) is 0.702. The van der Waals surface area contributed by atoms with Crippen LogP contribution in [0.3, 0.4) is 0 Å². The van der Waals surface area contributed by atoms with Crippen molar-refractivity contribution in [3.05, 3.63) is 53.1 Å². The molecule has 3 rings (SSSR count). The van der Waals surface area contributed by atoms with Crippen molar-refractivity contribution >= 4 is 25.7 Å². The molecule has 140 valence electrons. The first-order valence-electron chi connectivity index (χ1n) is 7.94. The van der Waals surface area contributed by atoms with Crippen molar-refractivity contribution < 1.29 is 18.3 Å². The summed E-state index contributed by atoms with van der Waals surface area (Å²) in [4.78, 5) is 14.9. The Labute approximate surface area is 155 Å². The highest BCUT2D eigenvalue weighted by atomic mass is 35.5. The third-order valence-electron chi connectivity index (χ3n) is 3.90. The molecule has 2 aromatic rings. The van der Waals surface area contributed by atoms with Crippen LogP contribution < -0.4 is 15.9 Å². The van der Waals surface area contributed by atoms with Gasteiger partial charge in [-0.2, -0.15) is 4.98 Å². The number of nitrogens with two attached hydrogens (primary N) is 1. The standard InChI is InChI=1S/C16H19ClN3O5P/c1-16(17)9-12(10-23-26(22)25-11-5-3-2-4-6-11)24-14(16)20-8-7-13(18)19-15(20)21/h2-8,12,14,26H,9-10H2,1H3,(H2,18,19,21)/t12-,14+,16+/m0/s1. The van der Waals surface area contributed by atoms with Crippen molar-refractivity contribution in [2.45, 2.75) is 30.6 Å². The van der Waals surface area contributed by atoms with Crippen molar-refractivity contribution in [3.63, 3.8) is 0 Å². The van der Waals surface area contributed by atoms with Gasteiger partial charge < -0.3 is 15.0 Å². The molecule has 0 saturated carbocycles. The normalized spacial score (nSPS) is 26.5. The smallest absolute Gasteiger partial charge is 0.367 e. The molecule has 0 bridgehead atoms. The lowest BCUT2D eigenvalue weighted by molar-refractivity contribution is -0.0262. The second-order valence-corrected chi connectivity index (χ2v) is 7.97. The fourth-order valence-corrected chi connectivity index (χ4v) is 3.79. The number of ether oxygens (including phenoxy) is 1. The van der Waals surface area contributed by atoms with E-state index in [1.165, 1.54) is 16.8 Å². The van der Waals surface area contributed by atoms with Gasteiger partial charge in [-0.15, -0.1) is 11.6 Å². The summed E-state index contributed by atoms with van der Waals surface area (Å²) in [5, 5.41) is 0. The molecule has 26 heavy (non-hydrogen) atoms. The Bertz CT molecular complexity index is 845. The summed E-state index contributed by atoms with van der Waals surface area (Å²) < 4.78 is 29.6. The Morgan fingerprint density at radius 2 is 2.15 bits per heavy atom. The fourth-order valence-electron chi connectivity index (χ4n) is 2.75. The largest absolute Gasteiger partial charge is 0.426 e. The molecule has 1 saturated heterocycles. The molecule has 2 heterocycles. The minimum Gasteiger partial charge on any atom is -0.426 e. The van der Waals surface area contributed by atoms with E-state index in [2.05, 4.69) is 4.98 Å². The van der Waals surface area contributed by atoms with Gasteiger partial charge in [0.25, 0.3) is 0 Å². The summed E-state index contributed by atoms with van der Waals surface area (Å²) in [6, 6.07) is 10.2. The number of benzene rings is 1. The van der Waals surface area contributed by atoms with Gasteiger partial charge in [0.1, 0.15) is 11.6 Å². The molecule has 1 aromatic heterocycles.